The number of hydrogen-bond acceptors (Lipinski definition) is 2. The molecule has 0 bridgehead atoms. The number of aryl methyl sites for hydroxylation is 2. The van der Waals surface area contributed by atoms with Crippen molar-refractivity contribution in [2.45, 2.75) is 38.4 Å². The normalized spacial score (nSPS) is 12.5. The highest BCUT2D eigenvalue weighted by molar-refractivity contribution is 9.09. The Bertz CT molecular complexity index is 342. The van der Waals surface area contributed by atoms with Crippen molar-refractivity contribution in [2.24, 2.45) is 0 Å². The topological polar surface area (TPSA) is 29.1 Å². The van der Waals surface area contributed by atoms with Crippen LogP contribution in [0.1, 0.15) is 39.9 Å². The zero-order valence-electron chi connectivity index (χ0n) is 9.97. The molecule has 90 valence electrons. The second-order valence-electron chi connectivity index (χ2n) is 3.90. The summed E-state index contributed by atoms with van der Waals surface area (Å²) in [4.78, 5) is 14.3. The average molecular weight is 304 g/mol. The van der Waals surface area contributed by atoms with Gasteiger partial charge >= 0.3 is 0 Å². The van der Waals surface area contributed by atoms with Crippen molar-refractivity contribution >= 4 is 33.2 Å². The molecule has 1 heterocycles. The van der Waals surface area contributed by atoms with Gasteiger partial charge in [-0.15, -0.1) is 11.3 Å². The smallest absolute Gasteiger partial charge is 0.261 e. The minimum atomic E-state index is 0.0528. The third kappa shape index (κ3) is 3.91. The van der Waals surface area contributed by atoms with Crippen LogP contribution in [0.25, 0.3) is 0 Å². The van der Waals surface area contributed by atoms with Gasteiger partial charge in [0, 0.05) is 16.2 Å². The van der Waals surface area contributed by atoms with E-state index in [0.29, 0.717) is 4.83 Å². The lowest BCUT2D eigenvalue weighted by Gasteiger charge is -2.07. The van der Waals surface area contributed by atoms with Crippen LogP contribution in [0.5, 0.6) is 0 Å². The molecule has 1 atom stereocenters. The number of alkyl halides is 1. The summed E-state index contributed by atoms with van der Waals surface area (Å²) < 4.78 is 0. The van der Waals surface area contributed by atoms with E-state index in [0.717, 1.165) is 24.3 Å². The lowest BCUT2D eigenvalue weighted by molar-refractivity contribution is 0.0957. The minimum Gasteiger partial charge on any atom is -0.351 e. The van der Waals surface area contributed by atoms with Gasteiger partial charge in [0.05, 0.1) is 4.88 Å². The molecule has 1 aromatic heterocycles. The van der Waals surface area contributed by atoms with Crippen LogP contribution in [0.15, 0.2) is 6.07 Å². The summed E-state index contributed by atoms with van der Waals surface area (Å²) in [6.45, 7) is 6.95. The van der Waals surface area contributed by atoms with E-state index in [1.807, 2.05) is 19.9 Å². The molecule has 0 aliphatic carbocycles. The maximum atomic E-state index is 11.8. The van der Waals surface area contributed by atoms with Gasteiger partial charge in [-0.1, -0.05) is 22.9 Å². The van der Waals surface area contributed by atoms with E-state index >= 15 is 0 Å². The van der Waals surface area contributed by atoms with Gasteiger partial charge < -0.3 is 5.32 Å². The summed E-state index contributed by atoms with van der Waals surface area (Å²) >= 11 is 5.11. The second-order valence-corrected chi connectivity index (χ2v) is 6.45. The first-order chi connectivity index (χ1) is 7.54. The maximum absolute atomic E-state index is 11.8. The summed E-state index contributed by atoms with van der Waals surface area (Å²) in [6, 6.07) is 1.96. The number of halogens is 1. The van der Waals surface area contributed by atoms with Crippen LogP contribution < -0.4 is 5.32 Å². The van der Waals surface area contributed by atoms with Gasteiger partial charge in [-0.3, -0.25) is 4.79 Å². The highest BCUT2D eigenvalue weighted by Crippen LogP contribution is 2.20. The molecule has 0 saturated heterocycles. The molecule has 0 aliphatic rings. The van der Waals surface area contributed by atoms with E-state index in [-0.39, 0.29) is 5.91 Å². The van der Waals surface area contributed by atoms with Crippen LogP contribution in [-0.4, -0.2) is 17.3 Å². The number of hydrogen-bond donors (Lipinski definition) is 1. The van der Waals surface area contributed by atoms with Crippen LogP contribution in [0, 0.1) is 13.8 Å². The average Bonchev–Trinajstić information content (AvgIpc) is 2.59. The zero-order chi connectivity index (χ0) is 12.1. The fourth-order valence-corrected chi connectivity index (χ4v) is 2.50. The molecule has 4 heteroatoms. The number of carbonyl (C=O) groups excluding carboxylic acids is 1. The van der Waals surface area contributed by atoms with Gasteiger partial charge in [-0.25, -0.2) is 0 Å². The number of rotatable bonds is 5. The molecule has 1 aromatic rings. The van der Waals surface area contributed by atoms with Crippen molar-refractivity contribution in [3.63, 3.8) is 0 Å². The molecule has 1 unspecified atom stereocenters. The van der Waals surface area contributed by atoms with E-state index in [1.54, 1.807) is 11.3 Å². The van der Waals surface area contributed by atoms with Crippen LogP contribution in [0.3, 0.4) is 0 Å². The van der Waals surface area contributed by atoms with E-state index in [4.69, 9.17) is 0 Å². The van der Waals surface area contributed by atoms with E-state index < -0.39 is 0 Å². The third-order valence-corrected chi connectivity index (χ3v) is 4.83. The van der Waals surface area contributed by atoms with Crippen molar-refractivity contribution in [3.05, 3.63) is 21.4 Å². The molecule has 1 N–H and O–H groups in total. The lowest BCUT2D eigenvalue weighted by Crippen LogP contribution is -2.25. The molecule has 0 fully saturated rings. The second kappa shape index (κ2) is 6.40. The number of nitrogens with one attached hydrogen (secondary N) is 1. The quantitative estimate of drug-likeness (QED) is 0.826. The molecular formula is C12H18BrNOS. The van der Waals surface area contributed by atoms with Gasteiger partial charge in [-0.05, 0) is 38.3 Å². The Morgan fingerprint density at radius 2 is 2.25 bits per heavy atom. The number of amides is 1. The van der Waals surface area contributed by atoms with Crippen LogP contribution in [0.4, 0.5) is 0 Å². The van der Waals surface area contributed by atoms with Crippen molar-refractivity contribution in [1.29, 1.82) is 0 Å². The van der Waals surface area contributed by atoms with Crippen molar-refractivity contribution in [2.75, 3.05) is 6.54 Å². The zero-order valence-corrected chi connectivity index (χ0v) is 12.4. The molecule has 0 spiro atoms. The molecule has 0 radical (unpaired) electrons. The van der Waals surface area contributed by atoms with Crippen LogP contribution >= 0.6 is 27.3 Å². The van der Waals surface area contributed by atoms with E-state index in [2.05, 4.69) is 28.2 Å². The van der Waals surface area contributed by atoms with Crippen LogP contribution in [-0.2, 0) is 0 Å². The Labute approximate surface area is 110 Å². The molecule has 1 rings (SSSR count). The molecule has 0 aromatic carbocycles. The largest absolute Gasteiger partial charge is 0.351 e. The fraction of sp³-hybridized carbons (Fsp3) is 0.583. The molecule has 2 nitrogen and oxygen atoms in total. The van der Waals surface area contributed by atoms with E-state index in [9.17, 15) is 4.79 Å². The monoisotopic (exact) mass is 303 g/mol. The first kappa shape index (κ1) is 13.7. The predicted octanol–water partition coefficient (Wildman–Crippen LogP) is 3.66. The van der Waals surface area contributed by atoms with E-state index in [1.165, 1.54) is 10.4 Å². The molecular weight excluding hydrogens is 286 g/mol. The highest BCUT2D eigenvalue weighted by Gasteiger charge is 2.10. The number of carbonyl (C=O) groups is 1. The predicted molar refractivity (Wildman–Crippen MR) is 73.7 cm³/mol. The molecule has 0 saturated carbocycles. The molecule has 1 amide bonds. The Balaban J connectivity index is 2.41. The molecule has 0 aliphatic heterocycles. The highest BCUT2D eigenvalue weighted by atomic mass is 79.9. The standard InChI is InChI=1S/C12H18BrNOS/c1-4-10(13)5-6-14-12(15)11-7-8(2)9(3)16-11/h7,10H,4-6H2,1-3H3,(H,14,15). The van der Waals surface area contributed by atoms with Crippen LogP contribution in [0.2, 0.25) is 0 Å². The van der Waals surface area contributed by atoms with Gasteiger partial charge in [0.1, 0.15) is 0 Å². The Hall–Kier alpha value is -0.350. The summed E-state index contributed by atoms with van der Waals surface area (Å²) in [5.41, 5.74) is 1.20. The first-order valence-corrected chi connectivity index (χ1v) is 7.27. The van der Waals surface area contributed by atoms with Gasteiger partial charge in [0.15, 0.2) is 0 Å². The Kier molecular flexibility index (Phi) is 5.49. The lowest BCUT2D eigenvalue weighted by atomic mass is 10.2. The third-order valence-electron chi connectivity index (χ3n) is 2.58. The van der Waals surface area contributed by atoms with Gasteiger partial charge in [0.2, 0.25) is 0 Å². The fourth-order valence-electron chi connectivity index (χ4n) is 1.32. The Morgan fingerprint density at radius 1 is 1.56 bits per heavy atom. The van der Waals surface area contributed by atoms with Crippen molar-refractivity contribution in [1.82, 2.24) is 5.32 Å². The van der Waals surface area contributed by atoms with Crippen molar-refractivity contribution < 1.29 is 4.79 Å². The molecule has 16 heavy (non-hydrogen) atoms. The first-order valence-electron chi connectivity index (χ1n) is 5.54. The number of thiophene rings is 1. The van der Waals surface area contributed by atoms with Gasteiger partial charge in [-0.2, -0.15) is 0 Å². The SMILES string of the molecule is CCC(Br)CCNC(=O)c1cc(C)c(C)s1. The summed E-state index contributed by atoms with van der Waals surface area (Å²) in [5.74, 6) is 0.0528. The minimum absolute atomic E-state index is 0.0528. The Morgan fingerprint density at radius 3 is 2.75 bits per heavy atom. The van der Waals surface area contributed by atoms with Crippen molar-refractivity contribution in [3.8, 4) is 0 Å². The summed E-state index contributed by atoms with van der Waals surface area (Å²) in [5, 5.41) is 2.95. The maximum Gasteiger partial charge on any atom is 0.261 e. The summed E-state index contributed by atoms with van der Waals surface area (Å²) in [7, 11) is 0. The van der Waals surface area contributed by atoms with Gasteiger partial charge in [0.25, 0.3) is 5.91 Å². The summed E-state index contributed by atoms with van der Waals surface area (Å²) in [6.07, 6.45) is 2.07.